The van der Waals surface area contributed by atoms with Crippen molar-refractivity contribution >= 4 is 11.8 Å². The molecule has 2 aromatic rings. The molecule has 0 amide bonds. The monoisotopic (exact) mass is 368 g/mol. The minimum atomic E-state index is -1.85. The molecule has 0 saturated heterocycles. The lowest BCUT2D eigenvalue weighted by Gasteiger charge is -2.33. The molecule has 1 aliphatic rings. The Morgan fingerprint density at radius 2 is 1.59 bits per heavy atom. The third-order valence-corrected chi connectivity index (χ3v) is 5.71. The largest absolute Gasteiger partial charge is 0.478 e. The number of rotatable bonds is 4. The first-order valence-electron chi connectivity index (χ1n) is 9.12. The van der Waals surface area contributed by atoms with Crippen LogP contribution in [0.25, 0.3) is 0 Å². The maximum absolute atomic E-state index is 13.0. The SMILES string of the molecule is CC1CC(C)C(C)c2cc(C(=O)c3cc(C(=O)O)cc(C(O)O)c3)ccc21. The number of carboxylic acids is 1. The van der Waals surface area contributed by atoms with E-state index in [1.165, 1.54) is 17.7 Å². The van der Waals surface area contributed by atoms with E-state index in [2.05, 4.69) is 20.8 Å². The van der Waals surface area contributed by atoms with Crippen LogP contribution in [0, 0.1) is 5.92 Å². The minimum Gasteiger partial charge on any atom is -0.478 e. The molecule has 0 spiro atoms. The van der Waals surface area contributed by atoms with E-state index in [1.54, 1.807) is 6.07 Å². The Morgan fingerprint density at radius 1 is 0.926 bits per heavy atom. The highest BCUT2D eigenvalue weighted by molar-refractivity contribution is 6.10. The molecular weight excluding hydrogens is 344 g/mol. The first-order valence-corrected chi connectivity index (χ1v) is 9.12. The number of ketones is 1. The molecule has 3 unspecified atom stereocenters. The maximum atomic E-state index is 13.0. The average molecular weight is 368 g/mol. The van der Waals surface area contributed by atoms with Gasteiger partial charge in [-0.3, -0.25) is 4.79 Å². The third kappa shape index (κ3) is 3.66. The number of carbonyl (C=O) groups excluding carboxylic acids is 1. The summed E-state index contributed by atoms with van der Waals surface area (Å²) in [4.78, 5) is 24.3. The summed E-state index contributed by atoms with van der Waals surface area (Å²) in [5, 5.41) is 28.1. The minimum absolute atomic E-state index is 0.0215. The van der Waals surface area contributed by atoms with Crippen molar-refractivity contribution in [1.29, 1.82) is 0 Å². The highest BCUT2D eigenvalue weighted by atomic mass is 16.5. The van der Waals surface area contributed by atoms with Gasteiger partial charge in [0.15, 0.2) is 12.1 Å². The molecule has 0 fully saturated rings. The summed E-state index contributed by atoms with van der Waals surface area (Å²) in [6, 6.07) is 9.40. The van der Waals surface area contributed by atoms with Crippen molar-refractivity contribution in [2.45, 2.75) is 45.3 Å². The molecule has 3 atom stereocenters. The zero-order chi connectivity index (χ0) is 19.9. The van der Waals surface area contributed by atoms with Crippen LogP contribution in [0.4, 0.5) is 0 Å². The number of carbonyl (C=O) groups is 2. The fraction of sp³-hybridized carbons (Fsp3) is 0.364. The number of hydrogen-bond acceptors (Lipinski definition) is 4. The lowest BCUT2D eigenvalue weighted by Crippen LogP contribution is -2.19. The molecule has 0 radical (unpaired) electrons. The zero-order valence-corrected chi connectivity index (χ0v) is 15.6. The molecule has 3 N–H and O–H groups in total. The number of carboxylic acid groups (broad SMARTS) is 1. The lowest BCUT2D eigenvalue weighted by molar-refractivity contribution is -0.0425. The smallest absolute Gasteiger partial charge is 0.335 e. The van der Waals surface area contributed by atoms with Crippen LogP contribution in [0.3, 0.4) is 0 Å². The first kappa shape index (κ1) is 19.3. The van der Waals surface area contributed by atoms with E-state index < -0.39 is 12.3 Å². The normalized spacial score (nSPS) is 21.8. The van der Waals surface area contributed by atoms with Gasteiger partial charge in [0.25, 0.3) is 0 Å². The van der Waals surface area contributed by atoms with E-state index in [0.29, 0.717) is 23.3 Å². The van der Waals surface area contributed by atoms with Crippen LogP contribution in [0.1, 0.15) is 88.3 Å². The number of aliphatic hydroxyl groups excluding tert-OH is 1. The Balaban J connectivity index is 2.05. The molecule has 142 valence electrons. The van der Waals surface area contributed by atoms with Gasteiger partial charge in [0.1, 0.15) is 0 Å². The van der Waals surface area contributed by atoms with Crippen molar-refractivity contribution in [2.24, 2.45) is 5.92 Å². The van der Waals surface area contributed by atoms with Crippen molar-refractivity contribution in [1.82, 2.24) is 0 Å². The van der Waals surface area contributed by atoms with Gasteiger partial charge in [0.2, 0.25) is 0 Å². The predicted molar refractivity (Wildman–Crippen MR) is 101 cm³/mol. The number of benzene rings is 2. The maximum Gasteiger partial charge on any atom is 0.335 e. The highest BCUT2D eigenvalue weighted by Crippen LogP contribution is 2.42. The molecule has 0 aliphatic heterocycles. The summed E-state index contributed by atoms with van der Waals surface area (Å²) in [6.07, 6.45) is -0.735. The number of fused-ring (bicyclic) bond motifs is 1. The van der Waals surface area contributed by atoms with E-state index in [-0.39, 0.29) is 22.5 Å². The third-order valence-electron chi connectivity index (χ3n) is 5.71. The van der Waals surface area contributed by atoms with Crippen molar-refractivity contribution in [3.63, 3.8) is 0 Å². The molecule has 0 aromatic heterocycles. The lowest BCUT2D eigenvalue weighted by atomic mass is 9.72. The summed E-state index contributed by atoms with van der Waals surface area (Å²) in [6.45, 7) is 6.56. The van der Waals surface area contributed by atoms with Crippen molar-refractivity contribution in [3.8, 4) is 0 Å². The van der Waals surface area contributed by atoms with Crippen LogP contribution in [0.5, 0.6) is 0 Å². The van der Waals surface area contributed by atoms with E-state index in [0.717, 1.165) is 18.1 Å². The van der Waals surface area contributed by atoms with Crippen LogP contribution in [0.2, 0.25) is 0 Å². The molecule has 2 aromatic carbocycles. The second-order valence-corrected chi connectivity index (χ2v) is 7.60. The standard InChI is InChI=1S/C22H24O5/c1-11-6-12(2)18-5-4-14(10-19(18)13(11)3)20(23)15-7-16(21(24)25)9-17(8-15)22(26)27/h4-5,7-13,21,24-25H,6H2,1-3H3,(H,26,27). The predicted octanol–water partition coefficient (Wildman–Crippen LogP) is 3.85. The molecule has 0 heterocycles. The summed E-state index contributed by atoms with van der Waals surface area (Å²) in [5.41, 5.74) is 2.83. The van der Waals surface area contributed by atoms with Crippen LogP contribution in [-0.2, 0) is 0 Å². The van der Waals surface area contributed by atoms with E-state index in [9.17, 15) is 24.9 Å². The Labute approximate surface area is 158 Å². The summed E-state index contributed by atoms with van der Waals surface area (Å²) in [5.74, 6) is -0.274. The Morgan fingerprint density at radius 3 is 2.22 bits per heavy atom. The fourth-order valence-corrected chi connectivity index (χ4v) is 3.98. The molecule has 1 aliphatic carbocycles. The first-order chi connectivity index (χ1) is 12.7. The van der Waals surface area contributed by atoms with E-state index in [4.69, 9.17) is 0 Å². The summed E-state index contributed by atoms with van der Waals surface area (Å²) >= 11 is 0. The number of aliphatic hydroxyl groups is 2. The Kier molecular flexibility index (Phi) is 5.18. The van der Waals surface area contributed by atoms with Crippen LogP contribution >= 0.6 is 0 Å². The van der Waals surface area contributed by atoms with Gasteiger partial charge in [0, 0.05) is 16.7 Å². The Hall–Kier alpha value is -2.50. The Bertz CT molecular complexity index is 900. The van der Waals surface area contributed by atoms with Gasteiger partial charge in [-0.25, -0.2) is 4.79 Å². The van der Waals surface area contributed by atoms with Gasteiger partial charge in [0.05, 0.1) is 5.56 Å². The summed E-state index contributed by atoms with van der Waals surface area (Å²) < 4.78 is 0. The van der Waals surface area contributed by atoms with Crippen molar-refractivity contribution < 1.29 is 24.9 Å². The van der Waals surface area contributed by atoms with Crippen molar-refractivity contribution in [3.05, 3.63) is 69.8 Å². The molecule has 27 heavy (non-hydrogen) atoms. The van der Waals surface area contributed by atoms with Gasteiger partial charge < -0.3 is 15.3 Å². The molecular formula is C22H24O5. The van der Waals surface area contributed by atoms with Gasteiger partial charge >= 0.3 is 5.97 Å². The van der Waals surface area contributed by atoms with Crippen molar-refractivity contribution in [2.75, 3.05) is 0 Å². The number of aromatic carboxylic acids is 1. The van der Waals surface area contributed by atoms with Gasteiger partial charge in [-0.05, 0) is 59.6 Å². The topological polar surface area (TPSA) is 94.8 Å². The van der Waals surface area contributed by atoms with E-state index >= 15 is 0 Å². The van der Waals surface area contributed by atoms with Gasteiger partial charge in [-0.15, -0.1) is 0 Å². The van der Waals surface area contributed by atoms with E-state index in [1.807, 2.05) is 12.1 Å². The van der Waals surface area contributed by atoms with Gasteiger partial charge in [-0.2, -0.15) is 0 Å². The molecule has 5 heteroatoms. The molecule has 0 bridgehead atoms. The second kappa shape index (κ2) is 7.25. The average Bonchev–Trinajstić information content (AvgIpc) is 2.64. The van der Waals surface area contributed by atoms with Gasteiger partial charge in [-0.1, -0.05) is 32.9 Å². The highest BCUT2D eigenvalue weighted by Gasteiger charge is 2.28. The zero-order valence-electron chi connectivity index (χ0n) is 15.6. The molecule has 3 rings (SSSR count). The quantitative estimate of drug-likeness (QED) is 0.563. The number of hydrogen-bond donors (Lipinski definition) is 3. The molecule has 5 nitrogen and oxygen atoms in total. The second-order valence-electron chi connectivity index (χ2n) is 7.60. The van der Waals surface area contributed by atoms with Crippen LogP contribution in [0.15, 0.2) is 36.4 Å². The molecule has 0 saturated carbocycles. The van der Waals surface area contributed by atoms with Crippen LogP contribution < -0.4 is 0 Å². The fourth-order valence-electron chi connectivity index (χ4n) is 3.98. The van der Waals surface area contributed by atoms with Crippen LogP contribution in [-0.4, -0.2) is 27.1 Å². The summed E-state index contributed by atoms with van der Waals surface area (Å²) in [7, 11) is 0.